The molecular formula is C11H19N5OS. The SMILES string of the molecule is CN1CCC[C@H](C(=O)NCCc2nnc(N)s2)C1. The van der Waals surface area contributed by atoms with Gasteiger partial charge in [-0.05, 0) is 26.4 Å². The fourth-order valence-electron chi connectivity index (χ4n) is 2.18. The Morgan fingerprint density at radius 1 is 1.61 bits per heavy atom. The van der Waals surface area contributed by atoms with E-state index in [4.69, 9.17) is 5.73 Å². The van der Waals surface area contributed by atoms with Crippen LogP contribution in [0.25, 0.3) is 0 Å². The van der Waals surface area contributed by atoms with Gasteiger partial charge in [0, 0.05) is 19.5 Å². The number of hydrogen-bond donors (Lipinski definition) is 2. The zero-order valence-corrected chi connectivity index (χ0v) is 11.4. The van der Waals surface area contributed by atoms with Crippen molar-refractivity contribution in [1.29, 1.82) is 0 Å². The van der Waals surface area contributed by atoms with Crippen LogP contribution < -0.4 is 11.1 Å². The van der Waals surface area contributed by atoms with Gasteiger partial charge >= 0.3 is 0 Å². The number of carbonyl (C=O) groups is 1. The second-order valence-corrected chi connectivity index (χ2v) is 5.77. The number of aromatic nitrogens is 2. The molecule has 6 nitrogen and oxygen atoms in total. The number of piperidine rings is 1. The maximum absolute atomic E-state index is 11.9. The molecule has 3 N–H and O–H groups in total. The first kappa shape index (κ1) is 13.2. The molecule has 7 heteroatoms. The fourth-order valence-corrected chi connectivity index (χ4v) is 2.79. The van der Waals surface area contributed by atoms with Crippen LogP contribution in [0.2, 0.25) is 0 Å². The molecule has 1 saturated heterocycles. The third kappa shape index (κ3) is 3.64. The predicted octanol–water partition coefficient (Wildman–Crippen LogP) is 0.121. The zero-order chi connectivity index (χ0) is 13.0. The summed E-state index contributed by atoms with van der Waals surface area (Å²) in [6.45, 7) is 2.55. The predicted molar refractivity (Wildman–Crippen MR) is 71.3 cm³/mol. The van der Waals surface area contributed by atoms with Crippen LogP contribution in [0.15, 0.2) is 0 Å². The summed E-state index contributed by atoms with van der Waals surface area (Å²) in [6.07, 6.45) is 2.78. The van der Waals surface area contributed by atoms with Gasteiger partial charge in [-0.1, -0.05) is 11.3 Å². The number of carbonyl (C=O) groups excluding carboxylic acids is 1. The van der Waals surface area contributed by atoms with Crippen molar-refractivity contribution in [2.24, 2.45) is 5.92 Å². The molecule has 0 saturated carbocycles. The van der Waals surface area contributed by atoms with Gasteiger partial charge in [0.25, 0.3) is 0 Å². The molecule has 18 heavy (non-hydrogen) atoms. The molecule has 0 spiro atoms. The Hall–Kier alpha value is -1.21. The molecule has 0 aromatic carbocycles. The van der Waals surface area contributed by atoms with Gasteiger partial charge in [-0.25, -0.2) is 0 Å². The summed E-state index contributed by atoms with van der Waals surface area (Å²) in [5, 5.41) is 12.0. The molecule has 0 aliphatic carbocycles. The number of rotatable bonds is 4. The highest BCUT2D eigenvalue weighted by molar-refractivity contribution is 7.15. The largest absolute Gasteiger partial charge is 0.374 e. The molecule has 1 aliphatic rings. The standard InChI is InChI=1S/C11H19N5OS/c1-16-6-2-3-8(7-16)10(17)13-5-4-9-14-15-11(12)18-9/h8H,2-7H2,1H3,(H2,12,15)(H,13,17)/t8-/m0/s1. The van der Waals surface area contributed by atoms with E-state index in [2.05, 4.69) is 27.5 Å². The summed E-state index contributed by atoms with van der Waals surface area (Å²) in [7, 11) is 2.06. The van der Waals surface area contributed by atoms with Crippen molar-refractivity contribution in [3.05, 3.63) is 5.01 Å². The number of nitrogens with zero attached hydrogens (tertiary/aromatic N) is 3. The number of anilines is 1. The molecule has 2 rings (SSSR count). The van der Waals surface area contributed by atoms with E-state index < -0.39 is 0 Å². The maximum atomic E-state index is 11.9. The fraction of sp³-hybridized carbons (Fsp3) is 0.727. The van der Waals surface area contributed by atoms with E-state index >= 15 is 0 Å². The van der Waals surface area contributed by atoms with Crippen LogP contribution in [-0.2, 0) is 11.2 Å². The van der Waals surface area contributed by atoms with Crippen LogP contribution in [0.4, 0.5) is 5.13 Å². The first-order chi connectivity index (χ1) is 8.65. The van der Waals surface area contributed by atoms with Crippen molar-refractivity contribution < 1.29 is 4.79 Å². The van der Waals surface area contributed by atoms with Gasteiger partial charge in [-0.2, -0.15) is 0 Å². The minimum Gasteiger partial charge on any atom is -0.374 e. The molecular weight excluding hydrogens is 250 g/mol. The minimum absolute atomic E-state index is 0.128. The van der Waals surface area contributed by atoms with Crippen molar-refractivity contribution in [2.75, 3.05) is 32.4 Å². The van der Waals surface area contributed by atoms with Gasteiger partial charge in [0.15, 0.2) is 0 Å². The summed E-state index contributed by atoms with van der Waals surface area (Å²) in [5.74, 6) is 0.280. The van der Waals surface area contributed by atoms with E-state index in [9.17, 15) is 4.79 Å². The van der Waals surface area contributed by atoms with E-state index in [1.807, 2.05) is 0 Å². The van der Waals surface area contributed by atoms with Crippen molar-refractivity contribution in [2.45, 2.75) is 19.3 Å². The van der Waals surface area contributed by atoms with E-state index in [1.165, 1.54) is 11.3 Å². The molecule has 0 radical (unpaired) electrons. The summed E-state index contributed by atoms with van der Waals surface area (Å²) >= 11 is 1.37. The molecule has 1 aliphatic heterocycles. The molecule has 1 aromatic rings. The minimum atomic E-state index is 0.128. The molecule has 1 fully saturated rings. The second kappa shape index (κ2) is 6.10. The van der Waals surface area contributed by atoms with Crippen LogP contribution in [0.5, 0.6) is 0 Å². The molecule has 2 heterocycles. The van der Waals surface area contributed by atoms with Crippen LogP contribution in [-0.4, -0.2) is 47.7 Å². The Morgan fingerprint density at radius 2 is 2.44 bits per heavy atom. The van der Waals surface area contributed by atoms with Gasteiger partial charge in [0.1, 0.15) is 5.01 Å². The van der Waals surface area contributed by atoms with Crippen LogP contribution >= 0.6 is 11.3 Å². The van der Waals surface area contributed by atoms with E-state index in [-0.39, 0.29) is 11.8 Å². The van der Waals surface area contributed by atoms with E-state index in [1.54, 1.807) is 0 Å². The number of nitrogen functional groups attached to an aromatic ring is 1. The quantitative estimate of drug-likeness (QED) is 0.811. The van der Waals surface area contributed by atoms with Gasteiger partial charge in [-0.3, -0.25) is 4.79 Å². The summed E-state index contributed by atoms with van der Waals surface area (Å²) in [6, 6.07) is 0. The molecule has 1 amide bonds. The Kier molecular flexibility index (Phi) is 4.48. The van der Waals surface area contributed by atoms with Crippen LogP contribution in [0.1, 0.15) is 17.8 Å². The van der Waals surface area contributed by atoms with Crippen LogP contribution in [0.3, 0.4) is 0 Å². The Labute approximate surface area is 111 Å². The lowest BCUT2D eigenvalue weighted by molar-refractivity contribution is -0.126. The zero-order valence-electron chi connectivity index (χ0n) is 10.6. The Morgan fingerprint density at radius 3 is 3.11 bits per heavy atom. The van der Waals surface area contributed by atoms with Gasteiger partial charge in [0.2, 0.25) is 11.0 Å². The molecule has 0 bridgehead atoms. The smallest absolute Gasteiger partial charge is 0.224 e. The number of nitrogens with two attached hydrogens (primary N) is 1. The number of hydrogen-bond acceptors (Lipinski definition) is 6. The molecule has 1 atom stereocenters. The van der Waals surface area contributed by atoms with Crippen molar-refractivity contribution in [3.63, 3.8) is 0 Å². The van der Waals surface area contributed by atoms with E-state index in [0.717, 1.165) is 30.9 Å². The third-order valence-corrected chi connectivity index (χ3v) is 3.93. The van der Waals surface area contributed by atoms with Crippen LogP contribution in [0, 0.1) is 5.92 Å². The van der Waals surface area contributed by atoms with Crippen molar-refractivity contribution >= 4 is 22.4 Å². The lowest BCUT2D eigenvalue weighted by atomic mass is 9.97. The lowest BCUT2D eigenvalue weighted by Gasteiger charge is -2.28. The topological polar surface area (TPSA) is 84.1 Å². The maximum Gasteiger partial charge on any atom is 0.224 e. The average molecular weight is 269 g/mol. The average Bonchev–Trinajstić information content (AvgIpc) is 2.75. The highest BCUT2D eigenvalue weighted by atomic mass is 32.1. The van der Waals surface area contributed by atoms with Gasteiger partial charge < -0.3 is 16.0 Å². The summed E-state index contributed by atoms with van der Waals surface area (Å²) in [4.78, 5) is 14.2. The summed E-state index contributed by atoms with van der Waals surface area (Å²) in [5.41, 5.74) is 5.49. The normalized spacial score (nSPS) is 20.8. The Balaban J connectivity index is 1.71. The van der Waals surface area contributed by atoms with E-state index in [0.29, 0.717) is 18.1 Å². The molecule has 0 unspecified atom stereocenters. The van der Waals surface area contributed by atoms with Crippen molar-refractivity contribution in [3.8, 4) is 0 Å². The highest BCUT2D eigenvalue weighted by Crippen LogP contribution is 2.15. The first-order valence-electron chi connectivity index (χ1n) is 6.19. The first-order valence-corrected chi connectivity index (χ1v) is 7.01. The monoisotopic (exact) mass is 269 g/mol. The number of amides is 1. The van der Waals surface area contributed by atoms with Crippen molar-refractivity contribution in [1.82, 2.24) is 20.4 Å². The highest BCUT2D eigenvalue weighted by Gasteiger charge is 2.23. The second-order valence-electron chi connectivity index (χ2n) is 4.68. The van der Waals surface area contributed by atoms with Gasteiger partial charge in [-0.15, -0.1) is 10.2 Å². The Bertz CT molecular complexity index is 408. The number of nitrogens with one attached hydrogen (secondary N) is 1. The van der Waals surface area contributed by atoms with Gasteiger partial charge in [0.05, 0.1) is 5.92 Å². The third-order valence-electron chi connectivity index (χ3n) is 3.12. The lowest BCUT2D eigenvalue weighted by Crippen LogP contribution is -2.41. The molecule has 100 valence electrons. The molecule has 1 aromatic heterocycles. The summed E-state index contributed by atoms with van der Waals surface area (Å²) < 4.78 is 0. The number of likely N-dealkylation sites (tertiary alicyclic amines) is 1.